The Morgan fingerprint density at radius 2 is 1.89 bits per heavy atom. The zero-order valence-corrected chi connectivity index (χ0v) is 20.1. The molecule has 0 aromatic heterocycles. The van der Waals surface area contributed by atoms with E-state index in [9.17, 15) is 22.4 Å². The average molecular weight is 504 g/mol. The number of rotatable bonds is 4. The lowest BCUT2D eigenvalue weighted by Gasteiger charge is -2.46. The number of carbonyl (C=O) groups excluding carboxylic acids is 2. The monoisotopic (exact) mass is 503 g/mol. The van der Waals surface area contributed by atoms with Crippen molar-refractivity contribution < 1.29 is 31.9 Å². The third-order valence-corrected chi connectivity index (χ3v) is 8.63. The van der Waals surface area contributed by atoms with Crippen LogP contribution < -0.4 is 4.31 Å². The van der Waals surface area contributed by atoms with Gasteiger partial charge in [-0.1, -0.05) is 36.4 Å². The normalized spacial score (nSPS) is 25.5. The molecule has 1 spiro atoms. The number of carbonyl (C=O) groups is 2. The largest absolute Gasteiger partial charge is 0.468 e. The van der Waals surface area contributed by atoms with Gasteiger partial charge < -0.3 is 19.8 Å². The number of piperidine rings is 1. The maximum atomic E-state index is 14.1. The van der Waals surface area contributed by atoms with E-state index in [1.807, 2.05) is 30.3 Å². The molecule has 0 saturated carbocycles. The fraction of sp³-hybridized carbons (Fsp3) is 0.375. The van der Waals surface area contributed by atoms with Gasteiger partial charge in [-0.05, 0) is 43.5 Å². The number of methoxy groups -OCH3 is 1. The Bertz CT molecular complexity index is 1250. The van der Waals surface area contributed by atoms with E-state index in [0.29, 0.717) is 0 Å². The van der Waals surface area contributed by atoms with Crippen LogP contribution in [0.25, 0.3) is 0 Å². The minimum Gasteiger partial charge on any atom is -0.468 e. The standard InChI is InChI=1S/C24H26FN3O6S/c1-16-14-24(11-12-27(16)23(30)34-15-17-7-4-3-5-8-17)21(26)20(22(29)33-2)35(31,32)28(24)19-10-6-9-18(25)13-19/h3-10,13,16,20,26H,11-12,14-15H2,1-2H3/t16-,20?,24+/m0/s1. The summed E-state index contributed by atoms with van der Waals surface area (Å²) in [5.41, 5.74) is -0.976. The summed E-state index contributed by atoms with van der Waals surface area (Å²) in [6.07, 6.45) is -0.513. The molecule has 0 bridgehead atoms. The van der Waals surface area contributed by atoms with Crippen LogP contribution in [0.4, 0.5) is 14.9 Å². The number of benzene rings is 2. The minimum absolute atomic E-state index is 0.00783. The number of likely N-dealkylation sites (tertiary alicyclic amines) is 1. The molecule has 1 unspecified atom stereocenters. The molecule has 2 aliphatic rings. The minimum atomic E-state index is -4.44. The van der Waals surface area contributed by atoms with Gasteiger partial charge in [0.25, 0.3) is 10.0 Å². The van der Waals surface area contributed by atoms with E-state index in [0.717, 1.165) is 23.0 Å². The summed E-state index contributed by atoms with van der Waals surface area (Å²) in [5, 5.41) is 6.93. The van der Waals surface area contributed by atoms with Gasteiger partial charge in [-0.25, -0.2) is 17.6 Å². The Hall–Kier alpha value is -3.47. The molecule has 2 aromatic carbocycles. The van der Waals surface area contributed by atoms with Crippen LogP contribution in [0.2, 0.25) is 0 Å². The molecule has 2 aromatic rings. The number of halogens is 1. The quantitative estimate of drug-likeness (QED) is 0.641. The summed E-state index contributed by atoms with van der Waals surface area (Å²) >= 11 is 0. The van der Waals surface area contributed by atoms with Crippen molar-refractivity contribution in [2.75, 3.05) is 18.0 Å². The number of ether oxygens (including phenoxy) is 2. The Labute approximate surface area is 203 Å². The number of hydrogen-bond acceptors (Lipinski definition) is 7. The molecule has 1 amide bonds. The molecule has 2 aliphatic heterocycles. The SMILES string of the molecule is COC(=O)C1C(=N)[C@]2(CCN(C(=O)OCc3ccccc3)[C@@H](C)C2)N(c2cccc(F)c2)S1(=O)=O. The first-order chi connectivity index (χ1) is 16.6. The van der Waals surface area contributed by atoms with Crippen LogP contribution in [0.1, 0.15) is 25.3 Å². The maximum Gasteiger partial charge on any atom is 0.410 e. The van der Waals surface area contributed by atoms with Gasteiger partial charge in [-0.15, -0.1) is 0 Å². The van der Waals surface area contributed by atoms with Crippen molar-refractivity contribution in [1.29, 1.82) is 5.41 Å². The number of nitrogens with one attached hydrogen (secondary N) is 1. The van der Waals surface area contributed by atoms with E-state index in [1.165, 1.54) is 23.1 Å². The van der Waals surface area contributed by atoms with Crippen LogP contribution in [-0.2, 0) is 30.9 Å². The molecule has 2 fully saturated rings. The highest BCUT2D eigenvalue weighted by Gasteiger charge is 2.64. The Balaban J connectivity index is 1.65. The topological polar surface area (TPSA) is 117 Å². The van der Waals surface area contributed by atoms with Crippen molar-refractivity contribution in [3.63, 3.8) is 0 Å². The van der Waals surface area contributed by atoms with Gasteiger partial charge in [0.15, 0.2) is 0 Å². The molecule has 0 radical (unpaired) electrons. The Kier molecular flexibility index (Phi) is 6.54. The van der Waals surface area contributed by atoms with E-state index in [2.05, 4.69) is 0 Å². The third-order valence-electron chi connectivity index (χ3n) is 6.53. The summed E-state index contributed by atoms with van der Waals surface area (Å²) in [6, 6.07) is 13.7. The summed E-state index contributed by atoms with van der Waals surface area (Å²) in [7, 11) is -3.39. The predicted molar refractivity (Wildman–Crippen MR) is 126 cm³/mol. The van der Waals surface area contributed by atoms with Gasteiger partial charge in [0, 0.05) is 12.6 Å². The second kappa shape index (κ2) is 9.29. The van der Waals surface area contributed by atoms with Gasteiger partial charge in [0.1, 0.15) is 12.4 Å². The predicted octanol–water partition coefficient (Wildman–Crippen LogP) is 3.10. The molecule has 11 heteroatoms. The second-order valence-corrected chi connectivity index (χ2v) is 10.5. The van der Waals surface area contributed by atoms with Gasteiger partial charge >= 0.3 is 12.1 Å². The molecule has 1 N–H and O–H groups in total. The first-order valence-electron chi connectivity index (χ1n) is 11.1. The van der Waals surface area contributed by atoms with Crippen LogP contribution in [0.5, 0.6) is 0 Å². The molecule has 186 valence electrons. The van der Waals surface area contributed by atoms with Gasteiger partial charge in [-0.2, -0.15) is 0 Å². The number of hydrogen-bond donors (Lipinski definition) is 1. The summed E-state index contributed by atoms with van der Waals surface area (Å²) < 4.78 is 52.2. The molecule has 2 saturated heterocycles. The Morgan fingerprint density at radius 1 is 1.17 bits per heavy atom. The van der Waals surface area contributed by atoms with Crippen molar-refractivity contribution in [3.05, 3.63) is 66.0 Å². The van der Waals surface area contributed by atoms with Crippen LogP contribution in [0.3, 0.4) is 0 Å². The summed E-state index contributed by atoms with van der Waals surface area (Å²) in [6.45, 7) is 1.88. The highest BCUT2D eigenvalue weighted by atomic mass is 32.2. The molecule has 35 heavy (non-hydrogen) atoms. The summed E-state index contributed by atoms with van der Waals surface area (Å²) in [5.74, 6) is -1.73. The van der Waals surface area contributed by atoms with Crippen LogP contribution in [-0.4, -0.2) is 61.6 Å². The smallest absolute Gasteiger partial charge is 0.410 e. The fourth-order valence-electron chi connectivity index (χ4n) is 4.92. The zero-order chi connectivity index (χ0) is 25.4. The van der Waals surface area contributed by atoms with Crippen LogP contribution in [0, 0.1) is 11.2 Å². The fourth-order valence-corrected chi connectivity index (χ4v) is 7.15. The van der Waals surface area contributed by atoms with Crippen molar-refractivity contribution in [2.45, 2.75) is 43.2 Å². The highest BCUT2D eigenvalue weighted by molar-refractivity contribution is 7.95. The van der Waals surface area contributed by atoms with Crippen molar-refractivity contribution in [1.82, 2.24) is 4.90 Å². The molecule has 2 heterocycles. The van der Waals surface area contributed by atoms with Crippen molar-refractivity contribution in [2.24, 2.45) is 0 Å². The lowest BCUT2D eigenvalue weighted by Crippen LogP contribution is -2.60. The van der Waals surface area contributed by atoms with Crippen LogP contribution >= 0.6 is 0 Å². The van der Waals surface area contributed by atoms with E-state index in [1.54, 1.807) is 6.92 Å². The molecule has 3 atom stereocenters. The highest BCUT2D eigenvalue weighted by Crippen LogP contribution is 2.46. The van der Waals surface area contributed by atoms with Gasteiger partial charge in [0.2, 0.25) is 5.25 Å². The second-order valence-electron chi connectivity index (χ2n) is 8.67. The first kappa shape index (κ1) is 24.6. The van der Waals surface area contributed by atoms with Gasteiger partial charge in [0.05, 0.1) is 24.0 Å². The number of sulfonamides is 1. The number of nitrogens with zero attached hydrogens (tertiary/aromatic N) is 2. The molecule has 9 nitrogen and oxygen atoms in total. The molecular formula is C24H26FN3O6S. The molecule has 4 rings (SSSR count). The van der Waals surface area contributed by atoms with E-state index >= 15 is 0 Å². The maximum absolute atomic E-state index is 14.1. The number of amides is 1. The van der Waals surface area contributed by atoms with Gasteiger partial charge in [-0.3, -0.25) is 9.10 Å². The zero-order valence-electron chi connectivity index (χ0n) is 19.3. The first-order valence-corrected chi connectivity index (χ1v) is 12.6. The number of esters is 1. The lowest BCUT2D eigenvalue weighted by atomic mass is 9.78. The molecular weight excluding hydrogens is 477 g/mol. The Morgan fingerprint density at radius 3 is 2.51 bits per heavy atom. The van der Waals surface area contributed by atoms with E-state index < -0.39 is 44.7 Å². The third kappa shape index (κ3) is 4.24. The van der Waals surface area contributed by atoms with Crippen LogP contribution in [0.15, 0.2) is 54.6 Å². The van der Waals surface area contributed by atoms with E-state index in [4.69, 9.17) is 14.9 Å². The molecule has 0 aliphatic carbocycles. The summed E-state index contributed by atoms with van der Waals surface area (Å²) in [4.78, 5) is 26.7. The van der Waals surface area contributed by atoms with E-state index in [-0.39, 0.29) is 37.4 Å². The lowest BCUT2D eigenvalue weighted by molar-refractivity contribution is -0.138. The van der Waals surface area contributed by atoms with Crippen molar-refractivity contribution in [3.8, 4) is 0 Å². The van der Waals surface area contributed by atoms with Crippen molar-refractivity contribution >= 4 is 33.5 Å². The average Bonchev–Trinajstić information content (AvgIpc) is 2.99. The number of anilines is 1.